The average molecular weight is 329 g/mol. The number of aromatic nitrogens is 2. The van der Waals surface area contributed by atoms with Gasteiger partial charge in [-0.2, -0.15) is 0 Å². The van der Waals surface area contributed by atoms with E-state index in [0.29, 0.717) is 37.4 Å². The minimum absolute atomic E-state index is 0.206. The van der Waals surface area contributed by atoms with Crippen LogP contribution in [0.25, 0.3) is 0 Å². The molecule has 1 aromatic carbocycles. The molecule has 2 heterocycles. The molecule has 2 amide bonds. The van der Waals surface area contributed by atoms with Gasteiger partial charge in [0.05, 0.1) is 0 Å². The zero-order valence-corrected chi connectivity index (χ0v) is 13.8. The topological polar surface area (TPSA) is 61.4 Å². The molecule has 1 saturated heterocycles. The lowest BCUT2D eigenvalue weighted by Crippen LogP contribution is -2.50. The number of carbonyl (C=O) groups excluding carboxylic acids is 1. The molecule has 2 aromatic rings. The van der Waals surface area contributed by atoms with Gasteiger partial charge in [-0.3, -0.25) is 0 Å². The Kier molecular flexibility index (Phi) is 4.59. The highest BCUT2D eigenvalue weighted by Crippen LogP contribution is 2.19. The van der Waals surface area contributed by atoms with Crippen LogP contribution >= 0.6 is 0 Å². The standard InChI is InChI=1S/C17H20FN5O/c1-12-14(18)4-3-5-15(12)21-17(24)23-10-8-22(9-11-23)16-6-7-19-13(2)20-16/h3-7H,8-11H2,1-2H3,(H,21,24). The summed E-state index contributed by atoms with van der Waals surface area (Å²) in [6.07, 6.45) is 1.74. The molecule has 0 unspecified atom stereocenters. The van der Waals surface area contributed by atoms with Gasteiger partial charge in [0.15, 0.2) is 0 Å². The molecule has 126 valence electrons. The van der Waals surface area contributed by atoms with Crippen molar-refractivity contribution in [3.8, 4) is 0 Å². The number of nitrogens with one attached hydrogen (secondary N) is 1. The van der Waals surface area contributed by atoms with Crippen molar-refractivity contribution in [1.82, 2.24) is 14.9 Å². The van der Waals surface area contributed by atoms with Crippen molar-refractivity contribution in [2.75, 3.05) is 36.4 Å². The first kappa shape index (κ1) is 16.2. The van der Waals surface area contributed by atoms with Gasteiger partial charge >= 0.3 is 6.03 Å². The molecule has 1 aliphatic heterocycles. The third-order valence-electron chi connectivity index (χ3n) is 4.16. The van der Waals surface area contributed by atoms with Crippen molar-refractivity contribution in [1.29, 1.82) is 0 Å². The van der Waals surface area contributed by atoms with E-state index in [2.05, 4.69) is 20.2 Å². The summed E-state index contributed by atoms with van der Waals surface area (Å²) in [5.41, 5.74) is 0.954. The number of carbonyl (C=O) groups is 1. The van der Waals surface area contributed by atoms with Crippen LogP contribution in [0.3, 0.4) is 0 Å². The molecule has 7 heteroatoms. The largest absolute Gasteiger partial charge is 0.353 e. The first-order valence-corrected chi connectivity index (χ1v) is 7.90. The van der Waals surface area contributed by atoms with Crippen molar-refractivity contribution in [2.24, 2.45) is 0 Å². The third-order valence-corrected chi connectivity index (χ3v) is 4.16. The predicted molar refractivity (Wildman–Crippen MR) is 90.7 cm³/mol. The fourth-order valence-electron chi connectivity index (χ4n) is 2.70. The molecule has 0 atom stereocenters. The number of piperazine rings is 1. The maximum absolute atomic E-state index is 13.6. The lowest BCUT2D eigenvalue weighted by molar-refractivity contribution is 0.208. The SMILES string of the molecule is Cc1nccc(N2CCN(C(=O)Nc3cccc(F)c3C)CC2)n1. The minimum atomic E-state index is -0.322. The summed E-state index contributed by atoms with van der Waals surface area (Å²) < 4.78 is 13.6. The monoisotopic (exact) mass is 329 g/mol. The normalized spacial score (nSPS) is 14.6. The van der Waals surface area contributed by atoms with Crippen LogP contribution in [0.5, 0.6) is 0 Å². The zero-order chi connectivity index (χ0) is 17.1. The number of anilines is 2. The molecule has 0 aliphatic carbocycles. The number of nitrogens with zero attached hydrogens (tertiary/aromatic N) is 4. The Hall–Kier alpha value is -2.70. The molecule has 0 saturated carbocycles. The van der Waals surface area contributed by atoms with Crippen LogP contribution in [0.2, 0.25) is 0 Å². The Morgan fingerprint density at radius 2 is 1.92 bits per heavy atom. The molecular formula is C17H20FN5O. The summed E-state index contributed by atoms with van der Waals surface area (Å²) in [6.45, 7) is 6.08. The van der Waals surface area contributed by atoms with Crippen LogP contribution in [0, 0.1) is 19.7 Å². The van der Waals surface area contributed by atoms with Gasteiger partial charge in [-0.25, -0.2) is 19.2 Å². The molecule has 3 rings (SSSR count). The molecular weight excluding hydrogens is 309 g/mol. The summed E-state index contributed by atoms with van der Waals surface area (Å²) in [4.78, 5) is 24.7. The number of hydrogen-bond donors (Lipinski definition) is 1. The van der Waals surface area contributed by atoms with Crippen LogP contribution in [-0.4, -0.2) is 47.1 Å². The number of benzene rings is 1. The van der Waals surface area contributed by atoms with Crippen LogP contribution < -0.4 is 10.2 Å². The molecule has 0 radical (unpaired) electrons. The predicted octanol–water partition coefficient (Wildman–Crippen LogP) is 2.59. The first-order chi connectivity index (χ1) is 11.5. The molecule has 1 aromatic heterocycles. The molecule has 6 nitrogen and oxygen atoms in total. The molecule has 1 aliphatic rings. The van der Waals surface area contributed by atoms with Gasteiger partial charge in [-0.05, 0) is 32.0 Å². The smallest absolute Gasteiger partial charge is 0.321 e. The minimum Gasteiger partial charge on any atom is -0.353 e. The van der Waals surface area contributed by atoms with E-state index in [-0.39, 0.29) is 11.8 Å². The first-order valence-electron chi connectivity index (χ1n) is 7.90. The van der Waals surface area contributed by atoms with Gasteiger partial charge in [-0.1, -0.05) is 6.07 Å². The van der Waals surface area contributed by atoms with E-state index >= 15 is 0 Å². The van der Waals surface area contributed by atoms with Crippen molar-refractivity contribution in [3.05, 3.63) is 47.7 Å². The van der Waals surface area contributed by atoms with E-state index < -0.39 is 0 Å². The lowest BCUT2D eigenvalue weighted by Gasteiger charge is -2.35. The fourth-order valence-corrected chi connectivity index (χ4v) is 2.70. The quantitative estimate of drug-likeness (QED) is 0.920. The Morgan fingerprint density at radius 3 is 2.62 bits per heavy atom. The lowest BCUT2D eigenvalue weighted by atomic mass is 10.2. The Bertz CT molecular complexity index is 744. The van der Waals surface area contributed by atoms with E-state index in [1.807, 2.05) is 13.0 Å². The highest BCUT2D eigenvalue weighted by Gasteiger charge is 2.22. The van der Waals surface area contributed by atoms with Crippen molar-refractivity contribution < 1.29 is 9.18 Å². The van der Waals surface area contributed by atoms with Crippen LogP contribution in [0.1, 0.15) is 11.4 Å². The third kappa shape index (κ3) is 3.45. The Balaban J connectivity index is 1.60. The number of aryl methyl sites for hydroxylation is 1. The van der Waals surface area contributed by atoms with Gasteiger partial charge in [-0.15, -0.1) is 0 Å². The molecule has 0 bridgehead atoms. The number of urea groups is 1. The van der Waals surface area contributed by atoms with Gasteiger partial charge in [0.25, 0.3) is 0 Å². The summed E-state index contributed by atoms with van der Waals surface area (Å²) in [6, 6.07) is 6.35. The molecule has 1 N–H and O–H groups in total. The van der Waals surface area contributed by atoms with Crippen LogP contribution in [0.4, 0.5) is 20.7 Å². The second-order valence-electron chi connectivity index (χ2n) is 5.78. The highest BCUT2D eigenvalue weighted by atomic mass is 19.1. The Labute approximate surface area is 140 Å². The summed E-state index contributed by atoms with van der Waals surface area (Å²) >= 11 is 0. The van der Waals surface area contributed by atoms with Gasteiger partial charge in [0.2, 0.25) is 0 Å². The summed E-state index contributed by atoms with van der Waals surface area (Å²) in [7, 11) is 0. The van der Waals surface area contributed by atoms with Gasteiger partial charge in [0, 0.05) is 43.6 Å². The van der Waals surface area contributed by atoms with Crippen LogP contribution in [-0.2, 0) is 0 Å². The molecule has 1 fully saturated rings. The fraction of sp³-hybridized carbons (Fsp3) is 0.353. The highest BCUT2D eigenvalue weighted by molar-refractivity contribution is 5.90. The zero-order valence-electron chi connectivity index (χ0n) is 13.8. The van der Waals surface area contributed by atoms with E-state index in [1.165, 1.54) is 6.07 Å². The maximum atomic E-state index is 13.6. The summed E-state index contributed by atoms with van der Waals surface area (Å²) in [5, 5.41) is 2.79. The van der Waals surface area contributed by atoms with E-state index in [4.69, 9.17) is 0 Å². The van der Waals surface area contributed by atoms with E-state index in [0.717, 1.165) is 11.6 Å². The maximum Gasteiger partial charge on any atom is 0.321 e. The van der Waals surface area contributed by atoms with Gasteiger partial charge < -0.3 is 15.1 Å². The number of rotatable bonds is 2. The number of amides is 2. The average Bonchev–Trinajstić information content (AvgIpc) is 2.59. The Morgan fingerprint density at radius 1 is 1.17 bits per heavy atom. The van der Waals surface area contributed by atoms with Crippen LogP contribution in [0.15, 0.2) is 30.5 Å². The van der Waals surface area contributed by atoms with Crippen molar-refractivity contribution >= 4 is 17.5 Å². The summed E-state index contributed by atoms with van der Waals surface area (Å²) in [5.74, 6) is 1.29. The second kappa shape index (κ2) is 6.82. The van der Waals surface area contributed by atoms with Gasteiger partial charge in [0.1, 0.15) is 17.5 Å². The van der Waals surface area contributed by atoms with Crippen molar-refractivity contribution in [3.63, 3.8) is 0 Å². The van der Waals surface area contributed by atoms with E-state index in [1.54, 1.807) is 30.2 Å². The number of hydrogen-bond acceptors (Lipinski definition) is 4. The number of halogens is 1. The van der Waals surface area contributed by atoms with Crippen molar-refractivity contribution in [2.45, 2.75) is 13.8 Å². The molecule has 0 spiro atoms. The molecule has 24 heavy (non-hydrogen) atoms. The second-order valence-corrected chi connectivity index (χ2v) is 5.78. The van der Waals surface area contributed by atoms with E-state index in [9.17, 15) is 9.18 Å².